The zero-order valence-electron chi connectivity index (χ0n) is 11.0. The number of benzene rings is 2. The summed E-state index contributed by atoms with van der Waals surface area (Å²) in [6, 6.07) is 10.6. The summed E-state index contributed by atoms with van der Waals surface area (Å²) in [5.74, 6) is -0.405. The summed E-state index contributed by atoms with van der Waals surface area (Å²) in [4.78, 5) is 0. The van der Waals surface area contributed by atoms with Crippen molar-refractivity contribution < 1.29 is 23.0 Å². The first-order valence-corrected chi connectivity index (χ1v) is 6.86. The van der Waals surface area contributed by atoms with E-state index >= 15 is 0 Å². The molecular formula is C15H12BrF3O2. The molecule has 0 bridgehead atoms. The molecule has 0 aliphatic rings. The fourth-order valence-corrected chi connectivity index (χ4v) is 2.19. The molecule has 2 rings (SSSR count). The van der Waals surface area contributed by atoms with Gasteiger partial charge >= 0.3 is 6.36 Å². The van der Waals surface area contributed by atoms with Crippen molar-refractivity contribution in [2.75, 3.05) is 0 Å². The van der Waals surface area contributed by atoms with Gasteiger partial charge in [-0.2, -0.15) is 0 Å². The van der Waals surface area contributed by atoms with Crippen molar-refractivity contribution in [1.29, 1.82) is 0 Å². The van der Waals surface area contributed by atoms with Gasteiger partial charge in [0, 0.05) is 10.0 Å². The van der Waals surface area contributed by atoms with Crippen molar-refractivity contribution in [2.24, 2.45) is 0 Å². The van der Waals surface area contributed by atoms with Crippen LogP contribution in [0.2, 0.25) is 0 Å². The number of hydrogen-bond donors (Lipinski definition) is 1. The van der Waals surface area contributed by atoms with Gasteiger partial charge in [-0.05, 0) is 30.2 Å². The van der Waals surface area contributed by atoms with Crippen LogP contribution in [0.3, 0.4) is 0 Å². The molecule has 0 amide bonds. The normalized spacial score (nSPS) is 13.0. The standard InChI is InChI=1S/C15H12BrF3O2/c1-9-8-10(6-7-12(9)16)14(20)11-4-2-3-5-13(11)21-15(17,18)19/h2-8,14,20H,1H3. The van der Waals surface area contributed by atoms with Crippen LogP contribution in [0.15, 0.2) is 46.9 Å². The van der Waals surface area contributed by atoms with Crippen molar-refractivity contribution in [1.82, 2.24) is 0 Å². The molecule has 2 aromatic rings. The molecule has 0 saturated carbocycles. The minimum absolute atomic E-state index is 0.0662. The predicted molar refractivity (Wildman–Crippen MR) is 76.1 cm³/mol. The minimum Gasteiger partial charge on any atom is -0.405 e. The number of para-hydroxylation sites is 1. The van der Waals surface area contributed by atoms with Gasteiger partial charge in [0.15, 0.2) is 0 Å². The highest BCUT2D eigenvalue weighted by Gasteiger charge is 2.32. The van der Waals surface area contributed by atoms with E-state index in [-0.39, 0.29) is 5.56 Å². The highest BCUT2D eigenvalue weighted by Crippen LogP contribution is 2.34. The van der Waals surface area contributed by atoms with Gasteiger partial charge in [-0.3, -0.25) is 0 Å². The molecule has 6 heteroatoms. The lowest BCUT2D eigenvalue weighted by Gasteiger charge is -2.18. The number of halogens is 4. The first-order valence-electron chi connectivity index (χ1n) is 6.07. The second kappa shape index (κ2) is 6.07. The first kappa shape index (κ1) is 15.9. The molecule has 1 unspecified atom stereocenters. The van der Waals surface area contributed by atoms with E-state index in [2.05, 4.69) is 20.7 Å². The van der Waals surface area contributed by atoms with Crippen LogP contribution in [0, 0.1) is 6.92 Å². The molecule has 0 heterocycles. The van der Waals surface area contributed by atoms with E-state index in [1.165, 1.54) is 18.2 Å². The molecule has 1 atom stereocenters. The van der Waals surface area contributed by atoms with E-state index in [9.17, 15) is 18.3 Å². The Labute approximate surface area is 128 Å². The van der Waals surface area contributed by atoms with Gasteiger partial charge < -0.3 is 9.84 Å². The Hall–Kier alpha value is -1.53. The summed E-state index contributed by atoms with van der Waals surface area (Å²) in [7, 11) is 0. The van der Waals surface area contributed by atoms with Gasteiger partial charge in [-0.15, -0.1) is 13.2 Å². The van der Waals surface area contributed by atoms with Gasteiger partial charge in [0.1, 0.15) is 11.9 Å². The van der Waals surface area contributed by atoms with E-state index in [0.29, 0.717) is 5.56 Å². The fraction of sp³-hybridized carbons (Fsp3) is 0.200. The van der Waals surface area contributed by atoms with Crippen molar-refractivity contribution in [2.45, 2.75) is 19.4 Å². The van der Waals surface area contributed by atoms with Crippen molar-refractivity contribution in [3.63, 3.8) is 0 Å². The molecule has 1 N–H and O–H groups in total. The Morgan fingerprint density at radius 1 is 1.14 bits per heavy atom. The van der Waals surface area contributed by atoms with Crippen LogP contribution in [-0.2, 0) is 0 Å². The Morgan fingerprint density at radius 3 is 2.43 bits per heavy atom. The van der Waals surface area contributed by atoms with E-state index < -0.39 is 18.2 Å². The number of ether oxygens (including phenoxy) is 1. The van der Waals surface area contributed by atoms with Crippen LogP contribution >= 0.6 is 15.9 Å². The Morgan fingerprint density at radius 2 is 1.81 bits per heavy atom. The Kier molecular flexibility index (Phi) is 4.58. The van der Waals surface area contributed by atoms with Crippen molar-refractivity contribution >= 4 is 15.9 Å². The van der Waals surface area contributed by atoms with Gasteiger partial charge in [0.05, 0.1) is 0 Å². The van der Waals surface area contributed by atoms with E-state index in [4.69, 9.17) is 0 Å². The molecule has 2 nitrogen and oxygen atoms in total. The molecule has 0 saturated heterocycles. The third-order valence-electron chi connectivity index (χ3n) is 2.94. The number of aliphatic hydroxyl groups is 1. The number of alkyl halides is 3. The molecule has 0 fully saturated rings. The Bertz CT molecular complexity index is 641. The van der Waals surface area contributed by atoms with Gasteiger partial charge in [-0.25, -0.2) is 0 Å². The number of hydrogen-bond acceptors (Lipinski definition) is 2. The quantitative estimate of drug-likeness (QED) is 0.856. The molecule has 0 aliphatic heterocycles. The fourth-order valence-electron chi connectivity index (χ4n) is 1.94. The number of rotatable bonds is 3. The van der Waals surface area contributed by atoms with Crippen molar-refractivity contribution in [3.05, 3.63) is 63.6 Å². The summed E-state index contributed by atoms with van der Waals surface area (Å²) in [5.41, 5.74) is 1.44. The second-order valence-electron chi connectivity index (χ2n) is 4.50. The van der Waals surface area contributed by atoms with Crippen LogP contribution in [0.25, 0.3) is 0 Å². The van der Waals surface area contributed by atoms with Crippen LogP contribution < -0.4 is 4.74 Å². The minimum atomic E-state index is -4.80. The highest BCUT2D eigenvalue weighted by molar-refractivity contribution is 9.10. The molecule has 0 radical (unpaired) electrons. The van der Waals surface area contributed by atoms with E-state index in [0.717, 1.165) is 10.0 Å². The van der Waals surface area contributed by atoms with Crippen LogP contribution in [0.4, 0.5) is 13.2 Å². The van der Waals surface area contributed by atoms with E-state index in [1.54, 1.807) is 24.3 Å². The third kappa shape index (κ3) is 3.98. The zero-order chi connectivity index (χ0) is 15.6. The lowest BCUT2D eigenvalue weighted by atomic mass is 9.99. The molecule has 21 heavy (non-hydrogen) atoms. The molecule has 0 aromatic heterocycles. The van der Waals surface area contributed by atoms with Gasteiger partial charge in [-0.1, -0.05) is 46.3 Å². The first-order chi connectivity index (χ1) is 9.78. The maximum absolute atomic E-state index is 12.4. The molecular weight excluding hydrogens is 349 g/mol. The summed E-state index contributed by atoms with van der Waals surface area (Å²) >= 11 is 3.33. The predicted octanol–water partition coefficient (Wildman–Crippen LogP) is 4.74. The molecule has 2 aromatic carbocycles. The van der Waals surface area contributed by atoms with Crippen LogP contribution in [-0.4, -0.2) is 11.5 Å². The largest absolute Gasteiger partial charge is 0.573 e. The molecule has 112 valence electrons. The summed E-state index contributed by atoms with van der Waals surface area (Å²) < 4.78 is 42.0. The average Bonchev–Trinajstić information content (AvgIpc) is 2.40. The zero-order valence-corrected chi connectivity index (χ0v) is 12.6. The molecule has 0 spiro atoms. The van der Waals surface area contributed by atoms with Gasteiger partial charge in [0.25, 0.3) is 0 Å². The third-order valence-corrected chi connectivity index (χ3v) is 3.83. The number of aryl methyl sites for hydroxylation is 1. The Balaban J connectivity index is 2.38. The smallest absolute Gasteiger partial charge is 0.405 e. The average molecular weight is 361 g/mol. The summed E-state index contributed by atoms with van der Waals surface area (Å²) in [6.07, 6.45) is -6.00. The topological polar surface area (TPSA) is 29.5 Å². The number of aliphatic hydroxyl groups excluding tert-OH is 1. The monoisotopic (exact) mass is 360 g/mol. The lowest BCUT2D eigenvalue weighted by Crippen LogP contribution is -2.18. The van der Waals surface area contributed by atoms with Gasteiger partial charge in [0.2, 0.25) is 0 Å². The highest BCUT2D eigenvalue weighted by atomic mass is 79.9. The summed E-state index contributed by atoms with van der Waals surface area (Å²) in [5, 5.41) is 10.3. The van der Waals surface area contributed by atoms with Crippen molar-refractivity contribution in [3.8, 4) is 5.75 Å². The summed E-state index contributed by atoms with van der Waals surface area (Å²) in [6.45, 7) is 1.83. The van der Waals surface area contributed by atoms with E-state index in [1.807, 2.05) is 6.92 Å². The lowest BCUT2D eigenvalue weighted by molar-refractivity contribution is -0.275. The maximum Gasteiger partial charge on any atom is 0.573 e. The van der Waals surface area contributed by atoms with Crippen LogP contribution in [0.5, 0.6) is 5.75 Å². The van der Waals surface area contributed by atoms with Crippen LogP contribution in [0.1, 0.15) is 22.8 Å². The molecule has 0 aliphatic carbocycles. The second-order valence-corrected chi connectivity index (χ2v) is 5.35. The SMILES string of the molecule is Cc1cc(C(O)c2ccccc2OC(F)(F)F)ccc1Br. The maximum atomic E-state index is 12.4.